The van der Waals surface area contributed by atoms with Gasteiger partial charge in [0.25, 0.3) is 0 Å². The predicted molar refractivity (Wildman–Crippen MR) is 77.8 cm³/mol. The molecule has 0 aliphatic heterocycles. The number of hydrogen-bond acceptors (Lipinski definition) is 3. The number of rotatable bonds is 4. The first kappa shape index (κ1) is 14.6. The van der Waals surface area contributed by atoms with Gasteiger partial charge in [-0.25, -0.2) is 9.78 Å². The van der Waals surface area contributed by atoms with Crippen LogP contribution < -0.4 is 4.74 Å². The van der Waals surface area contributed by atoms with Crippen LogP contribution in [0.3, 0.4) is 0 Å². The Balaban J connectivity index is 2.46. The highest BCUT2D eigenvalue weighted by molar-refractivity contribution is 6.34. The van der Waals surface area contributed by atoms with Gasteiger partial charge in [-0.2, -0.15) is 0 Å². The van der Waals surface area contributed by atoms with Crippen LogP contribution in [0.25, 0.3) is 11.1 Å². The molecule has 0 fully saturated rings. The standard InChI is InChI=1S/C14H11Cl2NO3/c1-2-20-9-3-4-10(12(15)6-9)8-5-11(14(18)19)13(16)17-7-8/h3-7H,2H2,1H3,(H,18,19). The zero-order valence-electron chi connectivity index (χ0n) is 10.6. The van der Waals surface area contributed by atoms with Gasteiger partial charge in [0.05, 0.1) is 17.2 Å². The number of carbonyl (C=O) groups is 1. The van der Waals surface area contributed by atoms with Crippen molar-refractivity contribution in [3.8, 4) is 16.9 Å². The Morgan fingerprint density at radius 3 is 2.70 bits per heavy atom. The van der Waals surface area contributed by atoms with Crippen LogP contribution >= 0.6 is 23.2 Å². The van der Waals surface area contributed by atoms with E-state index >= 15 is 0 Å². The molecule has 1 N–H and O–H groups in total. The fourth-order valence-electron chi connectivity index (χ4n) is 1.73. The third-order valence-electron chi connectivity index (χ3n) is 2.63. The second-order valence-corrected chi connectivity index (χ2v) is 4.71. The molecule has 0 aliphatic carbocycles. The molecule has 0 aliphatic rings. The van der Waals surface area contributed by atoms with Gasteiger partial charge in [0.2, 0.25) is 0 Å². The van der Waals surface area contributed by atoms with E-state index in [1.54, 1.807) is 18.2 Å². The van der Waals surface area contributed by atoms with Crippen molar-refractivity contribution in [3.05, 3.63) is 46.2 Å². The lowest BCUT2D eigenvalue weighted by Gasteiger charge is -2.09. The van der Waals surface area contributed by atoms with Crippen LogP contribution in [0.5, 0.6) is 5.75 Å². The number of ether oxygens (including phenoxy) is 1. The second kappa shape index (κ2) is 6.11. The summed E-state index contributed by atoms with van der Waals surface area (Å²) >= 11 is 11.9. The Kier molecular flexibility index (Phi) is 4.47. The van der Waals surface area contributed by atoms with Crippen LogP contribution in [0.4, 0.5) is 0 Å². The number of pyridine rings is 1. The quantitative estimate of drug-likeness (QED) is 0.862. The van der Waals surface area contributed by atoms with Gasteiger partial charge in [-0.3, -0.25) is 0 Å². The molecule has 20 heavy (non-hydrogen) atoms. The number of halogens is 2. The van der Waals surface area contributed by atoms with Crippen LogP contribution in [0, 0.1) is 0 Å². The molecule has 0 radical (unpaired) electrons. The normalized spacial score (nSPS) is 10.3. The predicted octanol–water partition coefficient (Wildman–Crippen LogP) is 4.15. The first-order valence-corrected chi connectivity index (χ1v) is 6.60. The monoisotopic (exact) mass is 311 g/mol. The van der Waals surface area contributed by atoms with Crippen LogP contribution in [0.2, 0.25) is 10.2 Å². The molecular formula is C14H11Cl2NO3. The average molecular weight is 312 g/mol. The van der Waals surface area contributed by atoms with Gasteiger partial charge < -0.3 is 9.84 Å². The maximum atomic E-state index is 11.1. The Morgan fingerprint density at radius 2 is 2.10 bits per heavy atom. The van der Waals surface area contributed by atoms with Crippen molar-refractivity contribution < 1.29 is 14.6 Å². The molecule has 2 aromatic rings. The van der Waals surface area contributed by atoms with Gasteiger partial charge >= 0.3 is 5.97 Å². The summed E-state index contributed by atoms with van der Waals surface area (Å²) in [5.41, 5.74) is 1.19. The zero-order valence-corrected chi connectivity index (χ0v) is 12.1. The largest absolute Gasteiger partial charge is 0.494 e. The van der Waals surface area contributed by atoms with Crippen molar-refractivity contribution in [2.45, 2.75) is 6.92 Å². The van der Waals surface area contributed by atoms with E-state index in [4.69, 9.17) is 33.0 Å². The van der Waals surface area contributed by atoms with E-state index < -0.39 is 5.97 Å². The molecule has 1 aromatic carbocycles. The summed E-state index contributed by atoms with van der Waals surface area (Å²) in [6.45, 7) is 2.42. The fraction of sp³-hybridized carbons (Fsp3) is 0.143. The van der Waals surface area contributed by atoms with Crippen molar-refractivity contribution in [1.82, 2.24) is 4.98 Å². The van der Waals surface area contributed by atoms with Crippen molar-refractivity contribution in [2.24, 2.45) is 0 Å². The highest BCUT2D eigenvalue weighted by atomic mass is 35.5. The Morgan fingerprint density at radius 1 is 1.35 bits per heavy atom. The van der Waals surface area contributed by atoms with E-state index in [1.807, 2.05) is 6.92 Å². The summed E-state index contributed by atoms with van der Waals surface area (Å²) in [7, 11) is 0. The van der Waals surface area contributed by atoms with E-state index in [0.29, 0.717) is 28.5 Å². The summed E-state index contributed by atoms with van der Waals surface area (Å²) in [4.78, 5) is 14.9. The van der Waals surface area contributed by atoms with Gasteiger partial charge in [0.15, 0.2) is 0 Å². The van der Waals surface area contributed by atoms with Crippen molar-refractivity contribution in [1.29, 1.82) is 0 Å². The number of benzene rings is 1. The number of carboxylic acid groups (broad SMARTS) is 1. The second-order valence-electron chi connectivity index (χ2n) is 3.94. The van der Waals surface area contributed by atoms with E-state index in [0.717, 1.165) is 0 Å². The lowest BCUT2D eigenvalue weighted by molar-refractivity contribution is 0.0696. The fourth-order valence-corrected chi connectivity index (χ4v) is 2.20. The molecule has 104 valence electrons. The number of hydrogen-bond donors (Lipinski definition) is 1. The molecular weight excluding hydrogens is 301 g/mol. The topological polar surface area (TPSA) is 59.4 Å². The zero-order chi connectivity index (χ0) is 14.7. The van der Waals surface area contributed by atoms with Crippen LogP contribution in [0.1, 0.15) is 17.3 Å². The third-order valence-corrected chi connectivity index (χ3v) is 3.25. The highest BCUT2D eigenvalue weighted by Gasteiger charge is 2.13. The molecule has 1 aromatic heterocycles. The van der Waals surface area contributed by atoms with E-state index in [9.17, 15) is 4.79 Å². The minimum Gasteiger partial charge on any atom is -0.494 e. The summed E-state index contributed by atoms with van der Waals surface area (Å²) in [6, 6.07) is 6.64. The molecule has 0 amide bonds. The molecule has 0 saturated heterocycles. The number of aromatic carboxylic acids is 1. The van der Waals surface area contributed by atoms with E-state index in [-0.39, 0.29) is 10.7 Å². The molecule has 2 rings (SSSR count). The minimum atomic E-state index is -1.13. The van der Waals surface area contributed by atoms with Crippen molar-refractivity contribution >= 4 is 29.2 Å². The maximum absolute atomic E-state index is 11.1. The Bertz CT molecular complexity index is 659. The number of nitrogens with zero attached hydrogens (tertiary/aromatic N) is 1. The molecule has 0 spiro atoms. The minimum absolute atomic E-state index is 0.0525. The molecule has 0 unspecified atom stereocenters. The van der Waals surface area contributed by atoms with E-state index in [2.05, 4.69) is 4.98 Å². The summed E-state index contributed by atoms with van der Waals surface area (Å²) in [5, 5.41) is 9.45. The summed E-state index contributed by atoms with van der Waals surface area (Å²) in [5.74, 6) is -0.479. The van der Waals surface area contributed by atoms with Crippen molar-refractivity contribution in [3.63, 3.8) is 0 Å². The van der Waals surface area contributed by atoms with Crippen molar-refractivity contribution in [2.75, 3.05) is 6.61 Å². The van der Waals surface area contributed by atoms with Crippen LogP contribution in [-0.2, 0) is 0 Å². The lowest BCUT2D eigenvalue weighted by Crippen LogP contribution is -1.99. The molecule has 0 bridgehead atoms. The summed E-state index contributed by atoms with van der Waals surface area (Å²) in [6.07, 6.45) is 1.48. The van der Waals surface area contributed by atoms with Gasteiger partial charge in [-0.05, 0) is 31.2 Å². The van der Waals surface area contributed by atoms with Gasteiger partial charge in [0, 0.05) is 17.3 Å². The van der Waals surface area contributed by atoms with Crippen LogP contribution in [0.15, 0.2) is 30.5 Å². The van der Waals surface area contributed by atoms with Gasteiger partial charge in [-0.1, -0.05) is 23.2 Å². The third kappa shape index (κ3) is 3.03. The molecule has 4 nitrogen and oxygen atoms in total. The molecule has 1 heterocycles. The van der Waals surface area contributed by atoms with Gasteiger partial charge in [-0.15, -0.1) is 0 Å². The number of aromatic nitrogens is 1. The maximum Gasteiger partial charge on any atom is 0.338 e. The molecule has 0 atom stereocenters. The highest BCUT2D eigenvalue weighted by Crippen LogP contribution is 2.32. The smallest absolute Gasteiger partial charge is 0.338 e. The Labute approximate surface area is 125 Å². The van der Waals surface area contributed by atoms with Crippen LogP contribution in [-0.4, -0.2) is 22.7 Å². The summed E-state index contributed by atoms with van der Waals surface area (Å²) < 4.78 is 5.34. The van der Waals surface area contributed by atoms with E-state index in [1.165, 1.54) is 12.3 Å². The average Bonchev–Trinajstić information content (AvgIpc) is 2.40. The first-order valence-electron chi connectivity index (χ1n) is 5.84. The first-order chi connectivity index (χ1) is 9.52. The Hall–Kier alpha value is -1.78. The SMILES string of the molecule is CCOc1ccc(-c2cnc(Cl)c(C(=O)O)c2)c(Cl)c1. The molecule has 0 saturated carbocycles. The number of carboxylic acids is 1. The van der Waals surface area contributed by atoms with Gasteiger partial charge in [0.1, 0.15) is 10.9 Å². The lowest BCUT2D eigenvalue weighted by atomic mass is 10.1. The molecule has 6 heteroatoms.